The van der Waals surface area contributed by atoms with Crippen LogP contribution in [0.3, 0.4) is 0 Å². The molecule has 15 heavy (non-hydrogen) atoms. The van der Waals surface area contributed by atoms with Crippen molar-refractivity contribution in [3.05, 3.63) is 35.9 Å². The molecule has 1 saturated carbocycles. The summed E-state index contributed by atoms with van der Waals surface area (Å²) in [4.78, 5) is 0. The fourth-order valence-electron chi connectivity index (χ4n) is 2.46. The Hall–Kier alpha value is -0.820. The second-order valence-electron chi connectivity index (χ2n) is 4.73. The maximum atomic E-state index is 3.69. The van der Waals surface area contributed by atoms with E-state index in [1.54, 1.807) is 0 Å². The molecule has 1 heteroatoms. The van der Waals surface area contributed by atoms with E-state index in [1.807, 2.05) is 0 Å². The number of rotatable bonds is 3. The van der Waals surface area contributed by atoms with Gasteiger partial charge in [-0.05, 0) is 24.3 Å². The molecule has 1 aromatic carbocycles. The molecular weight excluding hydrogens is 182 g/mol. The second kappa shape index (κ2) is 5.32. The molecule has 0 aliphatic heterocycles. The quantitative estimate of drug-likeness (QED) is 0.794. The molecule has 0 heterocycles. The van der Waals surface area contributed by atoms with Crippen LogP contribution in [0.15, 0.2) is 30.3 Å². The molecule has 0 spiro atoms. The maximum Gasteiger partial charge on any atom is 0.0208 e. The standard InChI is InChI=1S/C14H21N/c1-12-7-5-6-10-14(12)15-11-13-8-3-2-4-9-13/h2-4,8-9,12,14-15H,5-7,10-11H2,1H3/t12?,14-/m0/s1. The van der Waals surface area contributed by atoms with Gasteiger partial charge in [-0.2, -0.15) is 0 Å². The summed E-state index contributed by atoms with van der Waals surface area (Å²) in [7, 11) is 0. The number of hydrogen-bond donors (Lipinski definition) is 1. The van der Waals surface area contributed by atoms with Crippen LogP contribution < -0.4 is 5.32 Å². The lowest BCUT2D eigenvalue weighted by Gasteiger charge is -2.29. The largest absolute Gasteiger partial charge is 0.310 e. The van der Waals surface area contributed by atoms with Gasteiger partial charge in [-0.15, -0.1) is 0 Å². The average Bonchev–Trinajstić information content (AvgIpc) is 2.29. The van der Waals surface area contributed by atoms with Crippen molar-refractivity contribution in [2.24, 2.45) is 5.92 Å². The molecule has 0 amide bonds. The highest BCUT2D eigenvalue weighted by Crippen LogP contribution is 2.23. The first-order valence-electron chi connectivity index (χ1n) is 6.13. The highest BCUT2D eigenvalue weighted by Gasteiger charge is 2.20. The number of benzene rings is 1. The lowest BCUT2D eigenvalue weighted by Crippen LogP contribution is -2.36. The molecule has 1 fully saturated rings. The molecule has 0 bridgehead atoms. The number of nitrogens with one attached hydrogen (secondary N) is 1. The first-order chi connectivity index (χ1) is 7.36. The minimum absolute atomic E-state index is 0.735. The van der Waals surface area contributed by atoms with Crippen LogP contribution in [-0.2, 0) is 6.54 Å². The molecule has 1 aliphatic rings. The smallest absolute Gasteiger partial charge is 0.0208 e. The van der Waals surface area contributed by atoms with Crippen LogP contribution >= 0.6 is 0 Å². The fraction of sp³-hybridized carbons (Fsp3) is 0.571. The monoisotopic (exact) mass is 203 g/mol. The molecule has 1 nitrogen and oxygen atoms in total. The molecule has 2 atom stereocenters. The normalized spacial score (nSPS) is 26.5. The molecule has 1 aromatic rings. The third kappa shape index (κ3) is 3.07. The van der Waals surface area contributed by atoms with E-state index in [1.165, 1.54) is 31.2 Å². The predicted octanol–water partition coefficient (Wildman–Crippen LogP) is 3.35. The maximum absolute atomic E-state index is 3.69. The Morgan fingerprint density at radius 2 is 1.87 bits per heavy atom. The van der Waals surface area contributed by atoms with E-state index in [0.29, 0.717) is 0 Å². The van der Waals surface area contributed by atoms with Crippen LogP contribution in [0, 0.1) is 5.92 Å². The molecule has 1 aliphatic carbocycles. The van der Waals surface area contributed by atoms with Crippen molar-refractivity contribution in [3.8, 4) is 0 Å². The lowest BCUT2D eigenvalue weighted by molar-refractivity contribution is 0.279. The van der Waals surface area contributed by atoms with E-state index in [-0.39, 0.29) is 0 Å². The third-order valence-corrected chi connectivity index (χ3v) is 3.52. The summed E-state index contributed by atoms with van der Waals surface area (Å²) in [6, 6.07) is 11.4. The first kappa shape index (κ1) is 10.7. The van der Waals surface area contributed by atoms with Crippen LogP contribution in [0.25, 0.3) is 0 Å². The van der Waals surface area contributed by atoms with Gasteiger partial charge in [0, 0.05) is 12.6 Å². The van der Waals surface area contributed by atoms with Crippen molar-refractivity contribution >= 4 is 0 Å². The van der Waals surface area contributed by atoms with Gasteiger partial charge in [-0.1, -0.05) is 50.1 Å². The van der Waals surface area contributed by atoms with E-state index >= 15 is 0 Å². The van der Waals surface area contributed by atoms with Crippen molar-refractivity contribution < 1.29 is 0 Å². The van der Waals surface area contributed by atoms with Crippen molar-refractivity contribution in [3.63, 3.8) is 0 Å². The summed E-state index contributed by atoms with van der Waals surface area (Å²) < 4.78 is 0. The van der Waals surface area contributed by atoms with Gasteiger partial charge in [0.2, 0.25) is 0 Å². The lowest BCUT2D eigenvalue weighted by atomic mass is 9.86. The first-order valence-corrected chi connectivity index (χ1v) is 6.13. The van der Waals surface area contributed by atoms with Gasteiger partial charge < -0.3 is 5.32 Å². The Labute approximate surface area is 92.9 Å². The predicted molar refractivity (Wildman–Crippen MR) is 64.7 cm³/mol. The summed E-state index contributed by atoms with van der Waals surface area (Å²) in [5.74, 6) is 0.850. The van der Waals surface area contributed by atoms with Gasteiger partial charge in [0.05, 0.1) is 0 Å². The molecule has 0 aromatic heterocycles. The van der Waals surface area contributed by atoms with Crippen LogP contribution in [-0.4, -0.2) is 6.04 Å². The van der Waals surface area contributed by atoms with Gasteiger partial charge in [0.1, 0.15) is 0 Å². The van der Waals surface area contributed by atoms with Gasteiger partial charge in [0.25, 0.3) is 0 Å². The zero-order valence-corrected chi connectivity index (χ0v) is 9.58. The molecule has 0 radical (unpaired) electrons. The van der Waals surface area contributed by atoms with Crippen LogP contribution in [0.5, 0.6) is 0 Å². The van der Waals surface area contributed by atoms with Crippen LogP contribution in [0.1, 0.15) is 38.2 Å². The van der Waals surface area contributed by atoms with Crippen molar-refractivity contribution in [1.82, 2.24) is 5.32 Å². The minimum atomic E-state index is 0.735. The summed E-state index contributed by atoms with van der Waals surface area (Å²) in [6.45, 7) is 3.40. The van der Waals surface area contributed by atoms with E-state index in [4.69, 9.17) is 0 Å². The Kier molecular flexibility index (Phi) is 3.79. The second-order valence-corrected chi connectivity index (χ2v) is 4.73. The van der Waals surface area contributed by atoms with E-state index in [0.717, 1.165) is 18.5 Å². The van der Waals surface area contributed by atoms with E-state index in [2.05, 4.69) is 42.6 Å². The van der Waals surface area contributed by atoms with Gasteiger partial charge in [-0.3, -0.25) is 0 Å². The zero-order valence-electron chi connectivity index (χ0n) is 9.58. The molecule has 0 saturated heterocycles. The fourth-order valence-corrected chi connectivity index (χ4v) is 2.46. The van der Waals surface area contributed by atoms with Gasteiger partial charge in [-0.25, -0.2) is 0 Å². The van der Waals surface area contributed by atoms with E-state index < -0.39 is 0 Å². The van der Waals surface area contributed by atoms with Crippen molar-refractivity contribution in [1.29, 1.82) is 0 Å². The molecule has 2 rings (SSSR count). The van der Waals surface area contributed by atoms with Crippen molar-refractivity contribution in [2.45, 2.75) is 45.2 Å². The summed E-state index contributed by atoms with van der Waals surface area (Å²) in [5.41, 5.74) is 1.40. The van der Waals surface area contributed by atoms with Crippen molar-refractivity contribution in [2.75, 3.05) is 0 Å². The molecular formula is C14H21N. The Balaban J connectivity index is 1.82. The van der Waals surface area contributed by atoms with Crippen LogP contribution in [0.2, 0.25) is 0 Å². The summed E-state index contributed by atoms with van der Waals surface area (Å²) in [6.07, 6.45) is 5.57. The van der Waals surface area contributed by atoms with Gasteiger partial charge >= 0.3 is 0 Å². The number of hydrogen-bond acceptors (Lipinski definition) is 1. The molecule has 82 valence electrons. The molecule has 1 N–H and O–H groups in total. The highest BCUT2D eigenvalue weighted by molar-refractivity contribution is 5.14. The van der Waals surface area contributed by atoms with Gasteiger partial charge in [0.15, 0.2) is 0 Å². The summed E-state index contributed by atoms with van der Waals surface area (Å²) in [5, 5.41) is 3.69. The topological polar surface area (TPSA) is 12.0 Å². The van der Waals surface area contributed by atoms with E-state index in [9.17, 15) is 0 Å². The zero-order chi connectivity index (χ0) is 10.5. The third-order valence-electron chi connectivity index (χ3n) is 3.52. The Morgan fingerprint density at radius 3 is 2.60 bits per heavy atom. The molecule has 1 unspecified atom stereocenters. The minimum Gasteiger partial charge on any atom is -0.310 e. The highest BCUT2D eigenvalue weighted by atomic mass is 14.9. The Morgan fingerprint density at radius 1 is 1.13 bits per heavy atom. The SMILES string of the molecule is CC1CCCC[C@@H]1NCc1ccccc1. The summed E-state index contributed by atoms with van der Waals surface area (Å²) >= 11 is 0. The Bertz CT molecular complexity index is 281. The average molecular weight is 203 g/mol. The van der Waals surface area contributed by atoms with Crippen LogP contribution in [0.4, 0.5) is 0 Å².